The smallest absolute Gasteiger partial charge is 0.159 e. The van der Waals surface area contributed by atoms with E-state index >= 15 is 0 Å². The number of aryl methyl sites for hydroxylation is 1. The highest BCUT2D eigenvalue weighted by Gasteiger charge is 2.04. The average Bonchev–Trinajstić information content (AvgIpc) is 2.10. The molecule has 0 aliphatic carbocycles. The van der Waals surface area contributed by atoms with Gasteiger partial charge in [-0.25, -0.2) is 4.98 Å². The van der Waals surface area contributed by atoms with Crippen LogP contribution in [0.5, 0.6) is 0 Å². The third-order valence-electron chi connectivity index (χ3n) is 0.956. The summed E-state index contributed by atoms with van der Waals surface area (Å²) in [4.78, 5) is 14.3. The van der Waals surface area contributed by atoms with E-state index in [9.17, 15) is 9.90 Å². The standard InChI is InChI=1S/C5H4BrNO2S/c1-2-3(4(8)9)10-5(6)7-2/h1H3,(H,8,9)/p-1. The Morgan fingerprint density at radius 2 is 2.40 bits per heavy atom. The molecule has 10 heavy (non-hydrogen) atoms. The molecule has 54 valence electrons. The monoisotopic (exact) mass is 220 g/mol. The number of carbonyl (C=O) groups excluding carboxylic acids is 1. The summed E-state index contributed by atoms with van der Waals surface area (Å²) in [6.07, 6.45) is 0. The van der Waals surface area contributed by atoms with Crippen LogP contribution in [0.1, 0.15) is 15.4 Å². The van der Waals surface area contributed by atoms with E-state index in [1.807, 2.05) is 0 Å². The molecule has 0 N–H and O–H groups in total. The number of carboxylic acid groups (broad SMARTS) is 1. The van der Waals surface area contributed by atoms with Crippen LogP contribution < -0.4 is 5.11 Å². The van der Waals surface area contributed by atoms with Gasteiger partial charge >= 0.3 is 0 Å². The van der Waals surface area contributed by atoms with Gasteiger partial charge in [0.05, 0.1) is 16.5 Å². The van der Waals surface area contributed by atoms with Crippen molar-refractivity contribution < 1.29 is 9.90 Å². The molecule has 3 nitrogen and oxygen atoms in total. The Kier molecular flexibility index (Phi) is 2.05. The molecule has 0 bridgehead atoms. The summed E-state index contributed by atoms with van der Waals surface area (Å²) < 4.78 is 0.573. The van der Waals surface area contributed by atoms with E-state index in [0.29, 0.717) is 9.61 Å². The first-order valence-electron chi connectivity index (χ1n) is 2.45. The predicted octanol–water partition coefficient (Wildman–Crippen LogP) is 0.578. The van der Waals surface area contributed by atoms with Gasteiger partial charge in [0, 0.05) is 0 Å². The Hall–Kier alpha value is -0.420. The zero-order valence-corrected chi connectivity index (χ0v) is 7.45. The molecule has 0 atom stereocenters. The third-order valence-corrected chi connectivity index (χ3v) is 2.54. The average molecular weight is 221 g/mol. The molecule has 0 unspecified atom stereocenters. The topological polar surface area (TPSA) is 53.0 Å². The van der Waals surface area contributed by atoms with Gasteiger partial charge in [-0.1, -0.05) is 0 Å². The number of thiazole rings is 1. The minimum absolute atomic E-state index is 0.187. The second kappa shape index (κ2) is 2.67. The normalized spacial score (nSPS) is 9.80. The Morgan fingerprint density at radius 3 is 2.60 bits per heavy atom. The zero-order chi connectivity index (χ0) is 7.72. The summed E-state index contributed by atoms with van der Waals surface area (Å²) in [6.45, 7) is 1.63. The maximum atomic E-state index is 10.3. The lowest BCUT2D eigenvalue weighted by molar-refractivity contribution is -0.254. The van der Waals surface area contributed by atoms with Crippen LogP contribution in [0.15, 0.2) is 3.92 Å². The van der Waals surface area contributed by atoms with Gasteiger partial charge < -0.3 is 9.90 Å². The molecule has 0 aliphatic rings. The molecule has 0 radical (unpaired) electrons. The maximum Gasteiger partial charge on any atom is 0.159 e. The summed E-state index contributed by atoms with van der Waals surface area (Å²) in [5.74, 6) is -1.17. The van der Waals surface area contributed by atoms with Crippen LogP contribution in [0.2, 0.25) is 0 Å². The van der Waals surface area contributed by atoms with Gasteiger partial charge in [-0.15, -0.1) is 11.3 Å². The van der Waals surface area contributed by atoms with Gasteiger partial charge in [-0.2, -0.15) is 0 Å². The number of rotatable bonds is 1. The highest BCUT2D eigenvalue weighted by Crippen LogP contribution is 2.21. The number of carboxylic acids is 1. The van der Waals surface area contributed by atoms with E-state index in [4.69, 9.17) is 0 Å². The van der Waals surface area contributed by atoms with Crippen LogP contribution in [0.25, 0.3) is 0 Å². The quantitative estimate of drug-likeness (QED) is 0.696. The van der Waals surface area contributed by atoms with Crippen LogP contribution in [0.3, 0.4) is 0 Å². The van der Waals surface area contributed by atoms with E-state index in [2.05, 4.69) is 20.9 Å². The molecule has 0 aliphatic heterocycles. The number of aromatic nitrogens is 1. The fourth-order valence-corrected chi connectivity index (χ4v) is 1.93. The van der Waals surface area contributed by atoms with Crippen LogP contribution in [0, 0.1) is 6.92 Å². The molecule has 1 heterocycles. The minimum Gasteiger partial charge on any atom is -0.544 e. The number of aromatic carboxylic acids is 1. The Labute approximate surface area is 69.8 Å². The lowest BCUT2D eigenvalue weighted by Crippen LogP contribution is -2.21. The Morgan fingerprint density at radius 1 is 1.80 bits per heavy atom. The van der Waals surface area contributed by atoms with Crippen molar-refractivity contribution in [1.82, 2.24) is 4.98 Å². The first-order chi connectivity index (χ1) is 4.61. The van der Waals surface area contributed by atoms with Crippen LogP contribution in [-0.4, -0.2) is 11.0 Å². The first-order valence-corrected chi connectivity index (χ1v) is 4.06. The molecule has 0 aromatic carbocycles. The van der Waals surface area contributed by atoms with Gasteiger partial charge in [0.15, 0.2) is 3.92 Å². The van der Waals surface area contributed by atoms with Gasteiger partial charge in [0.1, 0.15) is 0 Å². The molecule has 1 aromatic heterocycles. The van der Waals surface area contributed by atoms with Gasteiger partial charge in [0.25, 0.3) is 0 Å². The van der Waals surface area contributed by atoms with Gasteiger partial charge in [-0.3, -0.25) is 0 Å². The molecule has 1 aromatic rings. The lowest BCUT2D eigenvalue weighted by atomic mass is 10.4. The molecule has 0 fully saturated rings. The van der Waals surface area contributed by atoms with Crippen molar-refractivity contribution in [2.75, 3.05) is 0 Å². The third kappa shape index (κ3) is 1.35. The van der Waals surface area contributed by atoms with E-state index in [0.717, 1.165) is 11.3 Å². The van der Waals surface area contributed by atoms with Crippen molar-refractivity contribution in [3.63, 3.8) is 0 Å². The minimum atomic E-state index is -1.17. The number of halogens is 1. The van der Waals surface area contributed by atoms with Crippen molar-refractivity contribution in [3.05, 3.63) is 14.5 Å². The number of nitrogens with zero attached hydrogens (tertiary/aromatic N) is 1. The molecule has 5 heteroatoms. The molecule has 0 saturated carbocycles. The number of carbonyl (C=O) groups is 1. The van der Waals surface area contributed by atoms with E-state index < -0.39 is 5.97 Å². The molecular weight excluding hydrogens is 218 g/mol. The first kappa shape index (κ1) is 7.68. The van der Waals surface area contributed by atoms with Crippen molar-refractivity contribution in [1.29, 1.82) is 0 Å². The SMILES string of the molecule is Cc1nc(Br)sc1C(=O)[O-]. The summed E-state index contributed by atoms with van der Waals surface area (Å²) >= 11 is 4.13. The van der Waals surface area contributed by atoms with E-state index in [1.54, 1.807) is 6.92 Å². The fourth-order valence-electron chi connectivity index (χ4n) is 0.553. The van der Waals surface area contributed by atoms with E-state index in [-0.39, 0.29) is 4.88 Å². The highest BCUT2D eigenvalue weighted by atomic mass is 79.9. The second-order valence-electron chi connectivity index (χ2n) is 1.67. The lowest BCUT2D eigenvalue weighted by Gasteiger charge is -1.94. The van der Waals surface area contributed by atoms with Crippen molar-refractivity contribution >= 4 is 33.2 Å². The summed E-state index contributed by atoms with van der Waals surface area (Å²) in [5, 5.41) is 10.3. The Balaban J connectivity index is 3.15. The summed E-state index contributed by atoms with van der Waals surface area (Å²) in [6, 6.07) is 0. The molecule has 0 saturated heterocycles. The van der Waals surface area contributed by atoms with Crippen molar-refractivity contribution in [2.24, 2.45) is 0 Å². The largest absolute Gasteiger partial charge is 0.544 e. The molecule has 1 rings (SSSR count). The Bertz CT molecular complexity index is 271. The van der Waals surface area contributed by atoms with Crippen LogP contribution in [0.4, 0.5) is 0 Å². The summed E-state index contributed by atoms with van der Waals surface area (Å²) in [7, 11) is 0. The highest BCUT2D eigenvalue weighted by molar-refractivity contribution is 9.11. The molecule has 0 amide bonds. The second-order valence-corrected chi connectivity index (χ2v) is 3.94. The van der Waals surface area contributed by atoms with Crippen molar-refractivity contribution in [2.45, 2.75) is 6.92 Å². The molecule has 0 spiro atoms. The van der Waals surface area contributed by atoms with Crippen LogP contribution >= 0.6 is 27.3 Å². The van der Waals surface area contributed by atoms with Gasteiger partial charge in [0.2, 0.25) is 0 Å². The van der Waals surface area contributed by atoms with E-state index in [1.165, 1.54) is 0 Å². The fraction of sp³-hybridized carbons (Fsp3) is 0.200. The number of hydrogen-bond donors (Lipinski definition) is 0. The zero-order valence-electron chi connectivity index (χ0n) is 5.05. The number of hydrogen-bond acceptors (Lipinski definition) is 4. The van der Waals surface area contributed by atoms with Crippen LogP contribution in [-0.2, 0) is 0 Å². The molecular formula is C5H3BrNO2S-. The van der Waals surface area contributed by atoms with Gasteiger partial charge in [-0.05, 0) is 22.9 Å². The summed E-state index contributed by atoms with van der Waals surface area (Å²) in [5.41, 5.74) is 0.497. The van der Waals surface area contributed by atoms with Crippen molar-refractivity contribution in [3.8, 4) is 0 Å². The maximum absolute atomic E-state index is 10.3. The predicted molar refractivity (Wildman–Crippen MR) is 38.9 cm³/mol.